The van der Waals surface area contributed by atoms with Crippen LogP contribution in [-0.4, -0.2) is 29.6 Å². The van der Waals surface area contributed by atoms with Gasteiger partial charge in [-0.25, -0.2) is 4.79 Å². The van der Waals surface area contributed by atoms with Crippen LogP contribution in [0, 0.1) is 0 Å². The van der Waals surface area contributed by atoms with Gasteiger partial charge in [-0.15, -0.1) is 0 Å². The zero-order valence-corrected chi connectivity index (χ0v) is 22.1. The van der Waals surface area contributed by atoms with E-state index in [0.717, 1.165) is 28.5 Å². The normalized spacial score (nSPS) is 12.2. The first-order valence-electron chi connectivity index (χ1n) is 12.9. The minimum absolute atomic E-state index is 0.0696. The zero-order valence-electron chi connectivity index (χ0n) is 22.1. The smallest absolute Gasteiger partial charge is 0.333 e. The molecule has 0 fully saturated rings. The lowest BCUT2D eigenvalue weighted by molar-refractivity contribution is -0.138. The Kier molecular flexibility index (Phi) is 8.98. The summed E-state index contributed by atoms with van der Waals surface area (Å²) in [6, 6.07) is 25.4. The highest BCUT2D eigenvalue weighted by molar-refractivity contribution is 5.98. The molecule has 0 aliphatic heterocycles. The van der Waals surface area contributed by atoms with Crippen molar-refractivity contribution in [3.63, 3.8) is 0 Å². The maximum atomic E-state index is 13.1. The molecular formula is C32H34N2O4. The molecular weight excluding hydrogens is 476 g/mol. The molecule has 0 aliphatic carbocycles. The summed E-state index contributed by atoms with van der Waals surface area (Å²) in [6.07, 6.45) is 4.48. The predicted molar refractivity (Wildman–Crippen MR) is 151 cm³/mol. The van der Waals surface area contributed by atoms with Crippen LogP contribution in [-0.2, 0) is 27.4 Å². The summed E-state index contributed by atoms with van der Waals surface area (Å²) in [4.78, 5) is 25.4. The fraction of sp³-hybridized carbons (Fsp3) is 0.250. The Balaban J connectivity index is 1.59. The molecule has 0 aliphatic rings. The van der Waals surface area contributed by atoms with Gasteiger partial charge in [-0.1, -0.05) is 60.7 Å². The van der Waals surface area contributed by atoms with E-state index in [9.17, 15) is 9.59 Å². The van der Waals surface area contributed by atoms with E-state index in [-0.39, 0.29) is 11.9 Å². The number of hydrogen-bond donors (Lipinski definition) is 1. The van der Waals surface area contributed by atoms with Gasteiger partial charge >= 0.3 is 5.97 Å². The van der Waals surface area contributed by atoms with E-state index >= 15 is 0 Å². The van der Waals surface area contributed by atoms with Crippen molar-refractivity contribution in [1.82, 2.24) is 9.88 Å². The largest absolute Gasteiger partial charge is 0.489 e. The number of ether oxygens (including phenoxy) is 2. The molecule has 3 aromatic carbocycles. The predicted octanol–water partition coefficient (Wildman–Crippen LogP) is 6.11. The number of nitrogens with one attached hydrogen (secondary N) is 1. The van der Waals surface area contributed by atoms with Gasteiger partial charge < -0.3 is 19.4 Å². The van der Waals surface area contributed by atoms with Crippen LogP contribution >= 0.6 is 0 Å². The molecule has 1 amide bonds. The van der Waals surface area contributed by atoms with Crippen molar-refractivity contribution < 1.29 is 19.1 Å². The molecule has 0 radical (unpaired) electrons. The van der Waals surface area contributed by atoms with E-state index in [1.165, 1.54) is 5.56 Å². The molecule has 1 heterocycles. The van der Waals surface area contributed by atoms with Crippen molar-refractivity contribution >= 4 is 28.9 Å². The van der Waals surface area contributed by atoms with Gasteiger partial charge in [0.15, 0.2) is 0 Å². The fourth-order valence-electron chi connectivity index (χ4n) is 4.31. The van der Waals surface area contributed by atoms with Crippen molar-refractivity contribution in [1.29, 1.82) is 0 Å². The number of fused-ring (bicyclic) bond motifs is 1. The second-order valence-electron chi connectivity index (χ2n) is 9.20. The molecule has 0 spiro atoms. The van der Waals surface area contributed by atoms with E-state index in [1.54, 1.807) is 19.9 Å². The number of aromatic nitrogens is 1. The van der Waals surface area contributed by atoms with E-state index < -0.39 is 6.04 Å². The second-order valence-corrected chi connectivity index (χ2v) is 9.20. The maximum Gasteiger partial charge on any atom is 0.333 e. The third-order valence-electron chi connectivity index (χ3n) is 6.41. The van der Waals surface area contributed by atoms with Gasteiger partial charge in [-0.05, 0) is 62.6 Å². The van der Waals surface area contributed by atoms with Gasteiger partial charge in [-0.3, -0.25) is 4.79 Å². The summed E-state index contributed by atoms with van der Waals surface area (Å²) < 4.78 is 13.2. The Bertz CT molecular complexity index is 1410. The summed E-state index contributed by atoms with van der Waals surface area (Å²) >= 11 is 0. The second kappa shape index (κ2) is 12.8. The topological polar surface area (TPSA) is 69.6 Å². The van der Waals surface area contributed by atoms with Crippen molar-refractivity contribution in [2.75, 3.05) is 13.2 Å². The lowest BCUT2D eigenvalue weighted by Gasteiger charge is -2.16. The Morgan fingerprint density at radius 1 is 0.974 bits per heavy atom. The van der Waals surface area contributed by atoms with E-state index in [0.29, 0.717) is 31.1 Å². The number of nitrogens with zero attached hydrogens (tertiary/aromatic N) is 1. The highest BCUT2D eigenvalue weighted by Crippen LogP contribution is 2.30. The van der Waals surface area contributed by atoms with Gasteiger partial charge in [0.1, 0.15) is 18.4 Å². The van der Waals surface area contributed by atoms with E-state index in [2.05, 4.69) is 17.4 Å². The van der Waals surface area contributed by atoms with Gasteiger partial charge in [0.05, 0.1) is 6.61 Å². The molecule has 4 rings (SSSR count). The molecule has 1 unspecified atom stereocenters. The van der Waals surface area contributed by atoms with Crippen molar-refractivity contribution in [3.8, 4) is 5.75 Å². The number of amides is 1. The van der Waals surface area contributed by atoms with Crippen LogP contribution in [0.2, 0.25) is 0 Å². The number of esters is 1. The Labute approximate surface area is 223 Å². The van der Waals surface area contributed by atoms with Crippen LogP contribution in [0.15, 0.2) is 90.6 Å². The van der Waals surface area contributed by atoms with Gasteiger partial charge in [0, 0.05) is 34.8 Å². The first-order valence-corrected chi connectivity index (χ1v) is 12.9. The average Bonchev–Trinajstić information content (AvgIpc) is 3.30. The van der Waals surface area contributed by atoms with Crippen molar-refractivity contribution in [2.24, 2.45) is 0 Å². The molecule has 1 atom stereocenters. The molecule has 0 saturated heterocycles. The maximum absolute atomic E-state index is 13.1. The summed E-state index contributed by atoms with van der Waals surface area (Å²) in [6.45, 7) is 6.70. The van der Waals surface area contributed by atoms with Crippen LogP contribution in [0.4, 0.5) is 0 Å². The standard InChI is InChI=1S/C32H34N2O4/c1-4-37-32(36)23(2)19-27-21-34(24(3)31(35)33-18-17-25-11-7-5-8-12-25)30-16-15-28(20-29(27)30)38-22-26-13-9-6-10-14-26/h5-16,19-21,24H,4,17-18,22H2,1-3H3,(H,33,35). The lowest BCUT2D eigenvalue weighted by Crippen LogP contribution is -2.32. The quantitative estimate of drug-likeness (QED) is 0.195. The number of carbonyl (C=O) groups excluding carboxylic acids is 2. The molecule has 38 heavy (non-hydrogen) atoms. The number of hydrogen-bond acceptors (Lipinski definition) is 4. The number of benzene rings is 3. The minimum atomic E-state index is -0.450. The van der Waals surface area contributed by atoms with Crippen LogP contribution in [0.5, 0.6) is 5.75 Å². The fourth-order valence-corrected chi connectivity index (χ4v) is 4.31. The van der Waals surface area contributed by atoms with Gasteiger partial charge in [-0.2, -0.15) is 0 Å². The summed E-state index contributed by atoms with van der Waals surface area (Å²) in [7, 11) is 0. The van der Waals surface area contributed by atoms with E-state index in [4.69, 9.17) is 9.47 Å². The molecule has 1 N–H and O–H groups in total. The van der Waals surface area contributed by atoms with Gasteiger partial charge in [0.2, 0.25) is 5.91 Å². The monoisotopic (exact) mass is 510 g/mol. The molecule has 0 saturated carbocycles. The number of carbonyl (C=O) groups is 2. The Morgan fingerprint density at radius 2 is 1.66 bits per heavy atom. The van der Waals surface area contributed by atoms with Crippen molar-refractivity contribution in [2.45, 2.75) is 39.8 Å². The third-order valence-corrected chi connectivity index (χ3v) is 6.41. The highest BCUT2D eigenvalue weighted by Gasteiger charge is 2.19. The molecule has 4 aromatic rings. The Morgan fingerprint density at radius 3 is 2.34 bits per heavy atom. The first kappa shape index (κ1) is 26.7. The SMILES string of the molecule is CCOC(=O)C(C)=Cc1cn(C(C)C(=O)NCCc2ccccc2)c2ccc(OCc3ccccc3)cc12. The van der Waals surface area contributed by atoms with Crippen LogP contribution in [0.25, 0.3) is 17.0 Å². The number of rotatable bonds is 11. The lowest BCUT2D eigenvalue weighted by atomic mass is 10.1. The molecule has 6 heteroatoms. The highest BCUT2D eigenvalue weighted by atomic mass is 16.5. The summed E-state index contributed by atoms with van der Waals surface area (Å²) in [5, 5.41) is 3.95. The molecule has 6 nitrogen and oxygen atoms in total. The average molecular weight is 511 g/mol. The summed E-state index contributed by atoms with van der Waals surface area (Å²) in [5.41, 5.74) is 4.44. The summed E-state index contributed by atoms with van der Waals surface area (Å²) in [5.74, 6) is 0.277. The molecule has 1 aromatic heterocycles. The zero-order chi connectivity index (χ0) is 26.9. The Hall–Kier alpha value is -4.32. The third kappa shape index (κ3) is 6.71. The molecule has 0 bridgehead atoms. The van der Waals surface area contributed by atoms with Crippen LogP contribution in [0.1, 0.15) is 43.5 Å². The minimum Gasteiger partial charge on any atom is -0.489 e. The van der Waals surface area contributed by atoms with Crippen molar-refractivity contribution in [3.05, 3.63) is 107 Å². The van der Waals surface area contributed by atoms with E-state index in [1.807, 2.05) is 84.4 Å². The van der Waals surface area contributed by atoms with Gasteiger partial charge in [0.25, 0.3) is 0 Å². The first-order chi connectivity index (χ1) is 18.5. The molecule has 196 valence electrons. The van der Waals surface area contributed by atoms with Crippen LogP contribution in [0.3, 0.4) is 0 Å². The van der Waals surface area contributed by atoms with Crippen LogP contribution < -0.4 is 10.1 Å².